The standard InChI is InChI=1S/C8H9BrINO/c1-12-8-3-5(10)2-7(9)6(8)4-11/h2-3H,4,11H2,1H3. The minimum Gasteiger partial charge on any atom is -0.496 e. The van der Waals surface area contributed by atoms with Crippen LogP contribution in [0.1, 0.15) is 5.56 Å². The Labute approximate surface area is 93.7 Å². The first-order valence-corrected chi connectivity index (χ1v) is 5.28. The van der Waals surface area contributed by atoms with E-state index in [1.807, 2.05) is 12.1 Å². The molecule has 2 N–H and O–H groups in total. The van der Waals surface area contributed by atoms with E-state index in [0.29, 0.717) is 6.54 Å². The average molecular weight is 342 g/mol. The van der Waals surface area contributed by atoms with E-state index in [4.69, 9.17) is 10.5 Å². The largest absolute Gasteiger partial charge is 0.496 e. The first kappa shape index (κ1) is 10.3. The summed E-state index contributed by atoms with van der Waals surface area (Å²) in [5.74, 6) is 0.844. The van der Waals surface area contributed by atoms with Crippen LogP contribution in [0.4, 0.5) is 0 Å². The molecule has 1 rings (SSSR count). The molecule has 0 saturated carbocycles. The summed E-state index contributed by atoms with van der Waals surface area (Å²) in [5, 5.41) is 0. The molecule has 0 spiro atoms. The van der Waals surface area contributed by atoms with Gasteiger partial charge in [-0.05, 0) is 34.7 Å². The Morgan fingerprint density at radius 1 is 1.58 bits per heavy atom. The van der Waals surface area contributed by atoms with Gasteiger partial charge in [-0.3, -0.25) is 0 Å². The summed E-state index contributed by atoms with van der Waals surface area (Å²) >= 11 is 5.67. The number of nitrogens with two attached hydrogens (primary N) is 1. The highest BCUT2D eigenvalue weighted by Crippen LogP contribution is 2.28. The second-order valence-corrected chi connectivity index (χ2v) is 4.37. The fourth-order valence-electron chi connectivity index (χ4n) is 0.960. The highest BCUT2D eigenvalue weighted by molar-refractivity contribution is 14.1. The molecule has 0 fully saturated rings. The lowest BCUT2D eigenvalue weighted by Crippen LogP contribution is -2.01. The van der Waals surface area contributed by atoms with Crippen LogP contribution in [0.25, 0.3) is 0 Å². The number of rotatable bonds is 2. The average Bonchev–Trinajstić information content (AvgIpc) is 2.03. The normalized spacial score (nSPS) is 10.0. The van der Waals surface area contributed by atoms with Gasteiger partial charge in [0, 0.05) is 20.2 Å². The maximum atomic E-state index is 5.56. The smallest absolute Gasteiger partial charge is 0.125 e. The predicted molar refractivity (Wildman–Crippen MR) is 61.3 cm³/mol. The van der Waals surface area contributed by atoms with Gasteiger partial charge in [0.15, 0.2) is 0 Å². The molecule has 0 unspecified atom stereocenters. The number of hydrogen-bond donors (Lipinski definition) is 1. The fraction of sp³-hybridized carbons (Fsp3) is 0.250. The molecule has 0 atom stereocenters. The highest BCUT2D eigenvalue weighted by atomic mass is 127. The lowest BCUT2D eigenvalue weighted by molar-refractivity contribution is 0.409. The lowest BCUT2D eigenvalue weighted by Gasteiger charge is -2.08. The third kappa shape index (κ3) is 2.11. The number of benzene rings is 1. The minimum absolute atomic E-state index is 0.487. The van der Waals surface area contributed by atoms with Crippen molar-refractivity contribution in [3.8, 4) is 5.75 Å². The van der Waals surface area contributed by atoms with Gasteiger partial charge < -0.3 is 10.5 Å². The third-order valence-electron chi connectivity index (χ3n) is 1.54. The molecule has 0 saturated heterocycles. The van der Waals surface area contributed by atoms with Crippen LogP contribution in [-0.4, -0.2) is 7.11 Å². The Kier molecular flexibility index (Phi) is 3.79. The fourth-order valence-corrected chi connectivity index (χ4v) is 2.59. The zero-order valence-electron chi connectivity index (χ0n) is 6.60. The summed E-state index contributed by atoms with van der Waals surface area (Å²) in [5.41, 5.74) is 6.58. The highest BCUT2D eigenvalue weighted by Gasteiger charge is 2.06. The quantitative estimate of drug-likeness (QED) is 0.839. The summed E-state index contributed by atoms with van der Waals surface area (Å²) in [6, 6.07) is 3.98. The van der Waals surface area contributed by atoms with E-state index in [2.05, 4.69) is 38.5 Å². The molecule has 0 bridgehead atoms. The summed E-state index contributed by atoms with van der Waals surface area (Å²) in [7, 11) is 1.65. The van der Waals surface area contributed by atoms with Crippen LogP contribution in [0, 0.1) is 3.57 Å². The lowest BCUT2D eigenvalue weighted by atomic mass is 10.2. The molecule has 66 valence electrons. The topological polar surface area (TPSA) is 35.2 Å². The molecule has 0 aliphatic carbocycles. The van der Waals surface area contributed by atoms with Crippen LogP contribution < -0.4 is 10.5 Å². The first-order valence-electron chi connectivity index (χ1n) is 3.41. The van der Waals surface area contributed by atoms with Gasteiger partial charge in [0.25, 0.3) is 0 Å². The third-order valence-corrected chi connectivity index (χ3v) is 2.87. The van der Waals surface area contributed by atoms with E-state index >= 15 is 0 Å². The van der Waals surface area contributed by atoms with Crippen molar-refractivity contribution in [2.45, 2.75) is 6.54 Å². The number of hydrogen-bond acceptors (Lipinski definition) is 2. The minimum atomic E-state index is 0.487. The second-order valence-electron chi connectivity index (χ2n) is 2.27. The van der Waals surface area contributed by atoms with Gasteiger partial charge in [0.1, 0.15) is 5.75 Å². The van der Waals surface area contributed by atoms with Gasteiger partial charge in [0.2, 0.25) is 0 Å². The summed E-state index contributed by atoms with van der Waals surface area (Å²) in [6.07, 6.45) is 0. The molecule has 0 radical (unpaired) electrons. The molecule has 0 aliphatic heterocycles. The molecular formula is C8H9BrINO. The SMILES string of the molecule is COc1cc(I)cc(Br)c1CN. The van der Waals surface area contributed by atoms with E-state index in [1.165, 1.54) is 0 Å². The Morgan fingerprint density at radius 3 is 2.75 bits per heavy atom. The van der Waals surface area contributed by atoms with Gasteiger partial charge in [-0.15, -0.1) is 0 Å². The molecule has 2 nitrogen and oxygen atoms in total. The zero-order chi connectivity index (χ0) is 9.14. The van der Waals surface area contributed by atoms with Crippen molar-refractivity contribution in [2.75, 3.05) is 7.11 Å². The van der Waals surface area contributed by atoms with Crippen LogP contribution in [0.15, 0.2) is 16.6 Å². The molecule has 1 aromatic rings. The molecule has 1 aromatic carbocycles. The molecule has 0 amide bonds. The van der Waals surface area contributed by atoms with E-state index in [9.17, 15) is 0 Å². The second kappa shape index (κ2) is 4.43. The van der Waals surface area contributed by atoms with E-state index in [-0.39, 0.29) is 0 Å². The molecular weight excluding hydrogens is 333 g/mol. The Morgan fingerprint density at radius 2 is 2.25 bits per heavy atom. The monoisotopic (exact) mass is 341 g/mol. The maximum absolute atomic E-state index is 5.56. The van der Waals surface area contributed by atoms with Crippen molar-refractivity contribution < 1.29 is 4.74 Å². The number of methoxy groups -OCH3 is 1. The van der Waals surface area contributed by atoms with Crippen molar-refractivity contribution in [2.24, 2.45) is 5.73 Å². The van der Waals surface area contributed by atoms with E-state index < -0.39 is 0 Å². The summed E-state index contributed by atoms with van der Waals surface area (Å²) < 4.78 is 7.32. The van der Waals surface area contributed by atoms with Crippen LogP contribution in [0.3, 0.4) is 0 Å². The van der Waals surface area contributed by atoms with Gasteiger partial charge in [-0.1, -0.05) is 15.9 Å². The molecule has 0 aromatic heterocycles. The summed E-state index contributed by atoms with van der Waals surface area (Å²) in [4.78, 5) is 0. The Hall–Kier alpha value is 0.190. The van der Waals surface area contributed by atoms with Crippen LogP contribution >= 0.6 is 38.5 Å². The van der Waals surface area contributed by atoms with Crippen LogP contribution in [0.5, 0.6) is 5.75 Å². The number of ether oxygens (including phenoxy) is 1. The van der Waals surface area contributed by atoms with Crippen molar-refractivity contribution in [1.29, 1.82) is 0 Å². The van der Waals surface area contributed by atoms with Crippen molar-refractivity contribution in [3.63, 3.8) is 0 Å². The molecule has 12 heavy (non-hydrogen) atoms. The molecule has 4 heteroatoms. The van der Waals surface area contributed by atoms with Crippen LogP contribution in [0.2, 0.25) is 0 Å². The van der Waals surface area contributed by atoms with E-state index in [0.717, 1.165) is 19.4 Å². The molecule has 0 aliphatic rings. The summed E-state index contributed by atoms with van der Waals surface area (Å²) in [6.45, 7) is 0.487. The Balaban J connectivity index is 3.24. The van der Waals surface area contributed by atoms with Gasteiger partial charge in [0.05, 0.1) is 7.11 Å². The zero-order valence-corrected chi connectivity index (χ0v) is 10.3. The van der Waals surface area contributed by atoms with Crippen LogP contribution in [-0.2, 0) is 6.54 Å². The van der Waals surface area contributed by atoms with Crippen molar-refractivity contribution in [1.82, 2.24) is 0 Å². The van der Waals surface area contributed by atoms with Crippen molar-refractivity contribution in [3.05, 3.63) is 25.7 Å². The van der Waals surface area contributed by atoms with Crippen molar-refractivity contribution >= 4 is 38.5 Å². The Bertz CT molecular complexity index is 291. The maximum Gasteiger partial charge on any atom is 0.125 e. The van der Waals surface area contributed by atoms with Gasteiger partial charge in [-0.2, -0.15) is 0 Å². The van der Waals surface area contributed by atoms with Gasteiger partial charge >= 0.3 is 0 Å². The number of halogens is 2. The predicted octanol–water partition coefficient (Wildman–Crippen LogP) is 2.52. The van der Waals surface area contributed by atoms with Gasteiger partial charge in [-0.25, -0.2) is 0 Å². The van der Waals surface area contributed by atoms with E-state index in [1.54, 1.807) is 7.11 Å². The molecule has 0 heterocycles. The first-order chi connectivity index (χ1) is 5.69.